The van der Waals surface area contributed by atoms with Crippen molar-refractivity contribution in [1.29, 1.82) is 0 Å². The van der Waals surface area contributed by atoms with Crippen LogP contribution in [0.25, 0.3) is 0 Å². The van der Waals surface area contributed by atoms with Crippen LogP contribution in [0, 0.1) is 0 Å². The van der Waals surface area contributed by atoms with Gasteiger partial charge in [-0.2, -0.15) is 0 Å². The third kappa shape index (κ3) is 5.07. The van der Waals surface area contributed by atoms with Gasteiger partial charge in [0, 0.05) is 26.2 Å². The topological polar surface area (TPSA) is 96.5 Å². The first-order valence-corrected chi connectivity index (χ1v) is 8.07. The molecule has 1 saturated heterocycles. The van der Waals surface area contributed by atoms with E-state index in [0.29, 0.717) is 31.7 Å². The molecule has 1 aromatic rings. The molecule has 0 saturated carbocycles. The molecule has 2 rings (SSSR count). The van der Waals surface area contributed by atoms with Crippen LogP contribution in [0.4, 0.5) is 10.6 Å². The number of ether oxygens (including phenoxy) is 1. The Morgan fingerprint density at radius 1 is 1.21 bits per heavy atom. The molecule has 0 radical (unpaired) electrons. The highest BCUT2D eigenvalue weighted by Crippen LogP contribution is 2.15. The van der Waals surface area contributed by atoms with Gasteiger partial charge in [-0.1, -0.05) is 0 Å². The van der Waals surface area contributed by atoms with Gasteiger partial charge in [0.25, 0.3) is 5.91 Å². The predicted molar refractivity (Wildman–Crippen MR) is 89.9 cm³/mol. The number of piperidine rings is 1. The molecule has 2 amide bonds. The summed E-state index contributed by atoms with van der Waals surface area (Å²) in [5, 5.41) is 5.79. The van der Waals surface area contributed by atoms with Gasteiger partial charge in [-0.25, -0.2) is 14.8 Å². The lowest BCUT2D eigenvalue weighted by Gasteiger charge is -2.33. The molecule has 1 aliphatic heterocycles. The summed E-state index contributed by atoms with van der Waals surface area (Å²) in [6.45, 7) is 6.66. The Morgan fingerprint density at radius 3 is 2.38 bits per heavy atom. The van der Waals surface area contributed by atoms with Crippen molar-refractivity contribution in [3.05, 3.63) is 18.1 Å². The van der Waals surface area contributed by atoms with Gasteiger partial charge < -0.3 is 20.3 Å². The Morgan fingerprint density at radius 2 is 1.88 bits per heavy atom. The molecule has 0 atom stereocenters. The molecule has 2 heterocycles. The summed E-state index contributed by atoms with van der Waals surface area (Å²) >= 11 is 0. The molecular weight excluding hydrogens is 310 g/mol. The molecule has 2 N–H and O–H groups in total. The smallest absolute Gasteiger partial charge is 0.410 e. The van der Waals surface area contributed by atoms with E-state index >= 15 is 0 Å². The summed E-state index contributed by atoms with van der Waals surface area (Å²) in [4.78, 5) is 34.0. The summed E-state index contributed by atoms with van der Waals surface area (Å²) in [7, 11) is 1.74. The van der Waals surface area contributed by atoms with Crippen molar-refractivity contribution in [2.75, 3.05) is 25.5 Å². The zero-order chi connectivity index (χ0) is 17.7. The Labute approximate surface area is 142 Å². The van der Waals surface area contributed by atoms with Crippen LogP contribution < -0.4 is 10.6 Å². The van der Waals surface area contributed by atoms with Crippen molar-refractivity contribution in [2.24, 2.45) is 0 Å². The van der Waals surface area contributed by atoms with E-state index in [9.17, 15) is 9.59 Å². The minimum absolute atomic E-state index is 0.0157. The molecule has 0 spiro atoms. The standard InChI is InChI=1S/C16H25N5O3/c1-16(2,3)24-15(23)21-7-5-11(6-8-21)20-14(22)12-9-19-13(17-4)10-18-12/h9-11H,5-8H2,1-4H3,(H,17,19)(H,20,22). The maximum atomic E-state index is 12.2. The lowest BCUT2D eigenvalue weighted by molar-refractivity contribution is 0.0199. The molecule has 1 aliphatic rings. The van der Waals surface area contributed by atoms with E-state index in [4.69, 9.17) is 4.74 Å². The summed E-state index contributed by atoms with van der Waals surface area (Å²) in [6.07, 6.45) is 4.03. The average Bonchev–Trinajstić information content (AvgIpc) is 2.54. The normalized spacial score (nSPS) is 15.8. The maximum absolute atomic E-state index is 12.2. The second-order valence-corrected chi connectivity index (χ2v) is 6.75. The summed E-state index contributed by atoms with van der Waals surface area (Å²) in [5.41, 5.74) is -0.219. The number of nitrogens with one attached hydrogen (secondary N) is 2. The first-order chi connectivity index (χ1) is 11.3. The maximum Gasteiger partial charge on any atom is 0.410 e. The first kappa shape index (κ1) is 18.0. The van der Waals surface area contributed by atoms with Gasteiger partial charge >= 0.3 is 6.09 Å². The Bertz CT molecular complexity index is 574. The molecule has 0 aromatic carbocycles. The lowest BCUT2D eigenvalue weighted by atomic mass is 10.1. The third-order valence-electron chi connectivity index (χ3n) is 3.62. The molecule has 1 fully saturated rings. The van der Waals surface area contributed by atoms with Crippen molar-refractivity contribution in [3.8, 4) is 0 Å². The number of hydrogen-bond donors (Lipinski definition) is 2. The predicted octanol–water partition coefficient (Wildman–Crippen LogP) is 1.65. The van der Waals surface area contributed by atoms with Crippen LogP contribution in [0.5, 0.6) is 0 Å². The average molecular weight is 335 g/mol. The molecule has 0 bridgehead atoms. The second kappa shape index (κ2) is 7.46. The molecule has 1 aromatic heterocycles. The quantitative estimate of drug-likeness (QED) is 0.872. The molecular formula is C16H25N5O3. The van der Waals surface area contributed by atoms with Gasteiger partial charge in [-0.05, 0) is 33.6 Å². The highest BCUT2D eigenvalue weighted by molar-refractivity contribution is 5.92. The van der Waals surface area contributed by atoms with Crippen molar-refractivity contribution >= 4 is 17.8 Å². The minimum atomic E-state index is -0.500. The van der Waals surface area contributed by atoms with Crippen LogP contribution in [0.15, 0.2) is 12.4 Å². The van der Waals surface area contributed by atoms with Gasteiger partial charge in [0.15, 0.2) is 0 Å². The Hall–Kier alpha value is -2.38. The van der Waals surface area contributed by atoms with Crippen LogP contribution in [0.2, 0.25) is 0 Å². The number of likely N-dealkylation sites (tertiary alicyclic amines) is 1. The van der Waals surface area contributed by atoms with Crippen LogP contribution in [-0.4, -0.2) is 58.6 Å². The number of nitrogens with zero attached hydrogens (tertiary/aromatic N) is 3. The largest absolute Gasteiger partial charge is 0.444 e. The summed E-state index contributed by atoms with van der Waals surface area (Å²) < 4.78 is 5.36. The fourth-order valence-corrected chi connectivity index (χ4v) is 2.37. The van der Waals surface area contributed by atoms with Gasteiger partial charge in [-0.3, -0.25) is 4.79 Å². The molecule has 8 nitrogen and oxygen atoms in total. The SMILES string of the molecule is CNc1cnc(C(=O)NC2CCN(C(=O)OC(C)(C)C)CC2)cn1. The van der Waals surface area contributed by atoms with Gasteiger partial charge in [0.2, 0.25) is 0 Å². The lowest BCUT2D eigenvalue weighted by Crippen LogP contribution is -2.47. The van der Waals surface area contributed by atoms with E-state index in [-0.39, 0.29) is 23.7 Å². The summed E-state index contributed by atoms with van der Waals surface area (Å²) in [6, 6.07) is 0.0157. The van der Waals surface area contributed by atoms with E-state index in [0.717, 1.165) is 0 Å². The molecule has 132 valence electrons. The van der Waals surface area contributed by atoms with E-state index in [1.165, 1.54) is 12.4 Å². The highest BCUT2D eigenvalue weighted by Gasteiger charge is 2.27. The van der Waals surface area contributed by atoms with Gasteiger partial charge in [0.1, 0.15) is 17.1 Å². The van der Waals surface area contributed by atoms with E-state index in [2.05, 4.69) is 20.6 Å². The Kier molecular flexibility index (Phi) is 5.58. The number of rotatable bonds is 3. The molecule has 8 heteroatoms. The second-order valence-electron chi connectivity index (χ2n) is 6.75. The van der Waals surface area contributed by atoms with Crippen LogP contribution in [0.1, 0.15) is 44.1 Å². The fourth-order valence-electron chi connectivity index (χ4n) is 2.37. The monoisotopic (exact) mass is 335 g/mol. The fraction of sp³-hybridized carbons (Fsp3) is 0.625. The van der Waals surface area contributed by atoms with E-state index in [1.54, 1.807) is 11.9 Å². The minimum Gasteiger partial charge on any atom is -0.444 e. The van der Waals surface area contributed by atoms with Crippen LogP contribution in [0.3, 0.4) is 0 Å². The number of carbonyl (C=O) groups excluding carboxylic acids is 2. The number of amides is 2. The molecule has 0 aliphatic carbocycles. The zero-order valence-corrected chi connectivity index (χ0v) is 14.6. The summed E-state index contributed by atoms with van der Waals surface area (Å²) in [5.74, 6) is 0.359. The van der Waals surface area contributed by atoms with Crippen LogP contribution in [-0.2, 0) is 4.74 Å². The molecule has 0 unspecified atom stereocenters. The zero-order valence-electron chi connectivity index (χ0n) is 14.6. The van der Waals surface area contributed by atoms with Crippen molar-refractivity contribution in [1.82, 2.24) is 20.2 Å². The molecule has 24 heavy (non-hydrogen) atoms. The first-order valence-electron chi connectivity index (χ1n) is 8.07. The van der Waals surface area contributed by atoms with E-state index < -0.39 is 5.60 Å². The Balaban J connectivity index is 1.82. The number of aromatic nitrogens is 2. The highest BCUT2D eigenvalue weighted by atomic mass is 16.6. The number of hydrogen-bond acceptors (Lipinski definition) is 6. The van der Waals surface area contributed by atoms with Crippen LogP contribution >= 0.6 is 0 Å². The van der Waals surface area contributed by atoms with Gasteiger partial charge in [0.05, 0.1) is 12.4 Å². The van der Waals surface area contributed by atoms with Gasteiger partial charge in [-0.15, -0.1) is 0 Å². The number of carbonyl (C=O) groups is 2. The van der Waals surface area contributed by atoms with Crippen molar-refractivity contribution < 1.29 is 14.3 Å². The third-order valence-corrected chi connectivity index (χ3v) is 3.62. The number of anilines is 1. The van der Waals surface area contributed by atoms with Crippen molar-refractivity contribution in [2.45, 2.75) is 45.3 Å². The van der Waals surface area contributed by atoms with Crippen molar-refractivity contribution in [3.63, 3.8) is 0 Å². The van der Waals surface area contributed by atoms with E-state index in [1.807, 2.05) is 20.8 Å².